The SMILES string of the molecule is CNC(CCOCC(F)F)c1c(C)c(C)c(C)c(C)c1C. The Balaban J connectivity index is 2.96. The fourth-order valence-electron chi connectivity index (χ4n) is 2.86. The molecule has 0 aliphatic rings. The maximum Gasteiger partial charge on any atom is 0.261 e. The number of hydrogen-bond donors (Lipinski definition) is 1. The first-order chi connectivity index (χ1) is 9.81. The third-order valence-corrected chi connectivity index (χ3v) is 4.55. The number of rotatable bonds is 7. The standard InChI is InChI=1S/C17H27F2NO/c1-10-11(2)13(4)17(14(5)12(10)3)15(20-6)7-8-21-9-16(18)19/h15-16,20H,7-9H2,1-6H3. The van der Waals surface area contributed by atoms with E-state index in [1.165, 1.54) is 33.4 Å². The number of nitrogens with one attached hydrogen (secondary N) is 1. The molecule has 4 heteroatoms. The lowest BCUT2D eigenvalue weighted by molar-refractivity contribution is 0.0145. The van der Waals surface area contributed by atoms with Crippen molar-refractivity contribution in [3.05, 3.63) is 33.4 Å². The maximum atomic E-state index is 12.1. The van der Waals surface area contributed by atoms with Gasteiger partial charge in [0, 0.05) is 12.6 Å². The van der Waals surface area contributed by atoms with Crippen molar-refractivity contribution in [2.45, 2.75) is 53.5 Å². The van der Waals surface area contributed by atoms with E-state index >= 15 is 0 Å². The molecule has 0 fully saturated rings. The van der Waals surface area contributed by atoms with E-state index in [1.54, 1.807) is 0 Å². The van der Waals surface area contributed by atoms with Crippen LogP contribution in [-0.2, 0) is 4.74 Å². The van der Waals surface area contributed by atoms with Gasteiger partial charge in [-0.25, -0.2) is 8.78 Å². The molecule has 0 aliphatic carbocycles. The first-order valence-corrected chi connectivity index (χ1v) is 7.41. The first-order valence-electron chi connectivity index (χ1n) is 7.41. The van der Waals surface area contributed by atoms with Gasteiger partial charge in [0.15, 0.2) is 0 Å². The fraction of sp³-hybridized carbons (Fsp3) is 0.647. The largest absolute Gasteiger partial charge is 0.375 e. The van der Waals surface area contributed by atoms with Crippen LogP contribution >= 0.6 is 0 Å². The van der Waals surface area contributed by atoms with E-state index < -0.39 is 13.0 Å². The molecular weight excluding hydrogens is 272 g/mol. The van der Waals surface area contributed by atoms with Crippen molar-refractivity contribution >= 4 is 0 Å². The Morgan fingerprint density at radius 1 is 0.905 bits per heavy atom. The van der Waals surface area contributed by atoms with Gasteiger partial charge in [0.05, 0.1) is 0 Å². The van der Waals surface area contributed by atoms with Crippen molar-refractivity contribution in [1.29, 1.82) is 0 Å². The molecule has 120 valence electrons. The summed E-state index contributed by atoms with van der Waals surface area (Å²) in [6.07, 6.45) is -1.71. The van der Waals surface area contributed by atoms with Gasteiger partial charge in [0.25, 0.3) is 6.43 Å². The lowest BCUT2D eigenvalue weighted by atomic mass is 9.85. The highest BCUT2D eigenvalue weighted by Gasteiger charge is 2.19. The second-order valence-electron chi connectivity index (χ2n) is 5.63. The lowest BCUT2D eigenvalue weighted by Gasteiger charge is -2.25. The quantitative estimate of drug-likeness (QED) is 0.763. The van der Waals surface area contributed by atoms with E-state index in [2.05, 4.69) is 39.9 Å². The minimum Gasteiger partial charge on any atom is -0.375 e. The van der Waals surface area contributed by atoms with Crippen LogP contribution < -0.4 is 5.32 Å². The number of halogens is 2. The van der Waals surface area contributed by atoms with Crippen LogP contribution in [0.25, 0.3) is 0 Å². The summed E-state index contributed by atoms with van der Waals surface area (Å²) in [5, 5.41) is 3.29. The van der Waals surface area contributed by atoms with Gasteiger partial charge in [-0.05, 0) is 81.5 Å². The Morgan fingerprint density at radius 3 is 1.81 bits per heavy atom. The second-order valence-corrected chi connectivity index (χ2v) is 5.63. The number of alkyl halides is 2. The smallest absolute Gasteiger partial charge is 0.261 e. The van der Waals surface area contributed by atoms with E-state index in [0.29, 0.717) is 13.0 Å². The summed E-state index contributed by atoms with van der Waals surface area (Å²) in [6, 6.07) is 0.126. The molecule has 0 saturated carbocycles. The molecule has 1 atom stereocenters. The van der Waals surface area contributed by atoms with Gasteiger partial charge < -0.3 is 10.1 Å². The fourth-order valence-corrected chi connectivity index (χ4v) is 2.86. The molecule has 1 N–H and O–H groups in total. The third kappa shape index (κ3) is 4.24. The molecule has 1 aromatic rings. The van der Waals surface area contributed by atoms with Gasteiger partial charge in [-0.3, -0.25) is 0 Å². The van der Waals surface area contributed by atoms with E-state index in [0.717, 1.165) is 0 Å². The number of benzene rings is 1. The van der Waals surface area contributed by atoms with Crippen LogP contribution in [0.5, 0.6) is 0 Å². The zero-order valence-corrected chi connectivity index (χ0v) is 13.9. The van der Waals surface area contributed by atoms with Gasteiger partial charge in [-0.2, -0.15) is 0 Å². The minimum absolute atomic E-state index is 0.126. The zero-order valence-electron chi connectivity index (χ0n) is 13.9. The summed E-state index contributed by atoms with van der Waals surface area (Å²) in [7, 11) is 1.90. The van der Waals surface area contributed by atoms with Crippen LogP contribution in [0.1, 0.15) is 45.8 Å². The summed E-state index contributed by atoms with van der Waals surface area (Å²) < 4.78 is 29.2. The van der Waals surface area contributed by atoms with E-state index in [1.807, 2.05) is 7.05 Å². The molecule has 0 aromatic heterocycles. The summed E-state index contributed by atoms with van der Waals surface area (Å²) in [6.45, 7) is 10.5. The predicted octanol–water partition coefficient (Wildman–Crippen LogP) is 4.16. The summed E-state index contributed by atoms with van der Waals surface area (Å²) >= 11 is 0. The Morgan fingerprint density at radius 2 is 1.38 bits per heavy atom. The van der Waals surface area contributed by atoms with Crippen molar-refractivity contribution in [2.24, 2.45) is 0 Å². The van der Waals surface area contributed by atoms with Crippen LogP contribution in [-0.4, -0.2) is 26.7 Å². The van der Waals surface area contributed by atoms with Crippen LogP contribution in [0, 0.1) is 34.6 Å². The Kier molecular flexibility index (Phi) is 6.75. The molecule has 1 aromatic carbocycles. The molecule has 1 rings (SSSR count). The summed E-state index contributed by atoms with van der Waals surface area (Å²) in [5.74, 6) is 0. The molecular formula is C17H27F2NO. The van der Waals surface area contributed by atoms with Crippen LogP contribution in [0.4, 0.5) is 8.78 Å². The normalized spacial score (nSPS) is 13.0. The Hall–Kier alpha value is -1.00. The second kappa shape index (κ2) is 7.85. The number of hydrogen-bond acceptors (Lipinski definition) is 2. The molecule has 0 radical (unpaired) electrons. The van der Waals surface area contributed by atoms with Crippen molar-refractivity contribution in [2.75, 3.05) is 20.3 Å². The molecule has 21 heavy (non-hydrogen) atoms. The molecule has 0 heterocycles. The molecule has 0 amide bonds. The van der Waals surface area contributed by atoms with Crippen LogP contribution in [0.3, 0.4) is 0 Å². The molecule has 0 spiro atoms. The molecule has 0 aliphatic heterocycles. The topological polar surface area (TPSA) is 21.3 Å². The van der Waals surface area contributed by atoms with E-state index in [4.69, 9.17) is 4.74 Å². The van der Waals surface area contributed by atoms with Crippen LogP contribution in [0.15, 0.2) is 0 Å². The monoisotopic (exact) mass is 299 g/mol. The molecule has 0 saturated heterocycles. The zero-order chi connectivity index (χ0) is 16.2. The highest BCUT2D eigenvalue weighted by atomic mass is 19.3. The van der Waals surface area contributed by atoms with Gasteiger partial charge in [0.2, 0.25) is 0 Å². The molecule has 2 nitrogen and oxygen atoms in total. The molecule has 0 bridgehead atoms. The molecule has 1 unspecified atom stereocenters. The lowest BCUT2D eigenvalue weighted by Crippen LogP contribution is -2.22. The van der Waals surface area contributed by atoms with Crippen LogP contribution in [0.2, 0.25) is 0 Å². The highest BCUT2D eigenvalue weighted by molar-refractivity contribution is 5.50. The average Bonchev–Trinajstić information content (AvgIpc) is 2.45. The third-order valence-electron chi connectivity index (χ3n) is 4.55. The Labute approximate surface area is 126 Å². The first kappa shape index (κ1) is 18.1. The van der Waals surface area contributed by atoms with Gasteiger partial charge in [-0.1, -0.05) is 0 Å². The van der Waals surface area contributed by atoms with E-state index in [9.17, 15) is 8.78 Å². The van der Waals surface area contributed by atoms with Gasteiger partial charge in [0.1, 0.15) is 6.61 Å². The van der Waals surface area contributed by atoms with Gasteiger partial charge >= 0.3 is 0 Å². The van der Waals surface area contributed by atoms with Crippen molar-refractivity contribution in [3.8, 4) is 0 Å². The van der Waals surface area contributed by atoms with Gasteiger partial charge in [-0.15, -0.1) is 0 Å². The van der Waals surface area contributed by atoms with E-state index in [-0.39, 0.29) is 6.04 Å². The van der Waals surface area contributed by atoms with Crippen molar-refractivity contribution in [1.82, 2.24) is 5.32 Å². The Bertz CT molecular complexity index is 457. The highest BCUT2D eigenvalue weighted by Crippen LogP contribution is 2.31. The maximum absolute atomic E-state index is 12.1. The predicted molar refractivity (Wildman–Crippen MR) is 83.4 cm³/mol. The van der Waals surface area contributed by atoms with Crippen molar-refractivity contribution in [3.63, 3.8) is 0 Å². The average molecular weight is 299 g/mol. The summed E-state index contributed by atoms with van der Waals surface area (Å²) in [5.41, 5.74) is 7.78. The minimum atomic E-state index is -2.40. The summed E-state index contributed by atoms with van der Waals surface area (Å²) in [4.78, 5) is 0. The van der Waals surface area contributed by atoms with Crippen molar-refractivity contribution < 1.29 is 13.5 Å². The number of ether oxygens (including phenoxy) is 1.